The van der Waals surface area contributed by atoms with Gasteiger partial charge < -0.3 is 0 Å². The largest absolute Gasteiger partial charge is 0.297 e. The van der Waals surface area contributed by atoms with Gasteiger partial charge in [-0.3, -0.25) is 10.1 Å². The van der Waals surface area contributed by atoms with Gasteiger partial charge in [0.15, 0.2) is 4.34 Å². The van der Waals surface area contributed by atoms with Gasteiger partial charge in [0.2, 0.25) is 11.0 Å². The second-order valence-corrected chi connectivity index (χ2v) is 8.22. The molecule has 7 heteroatoms. The molecule has 4 nitrogen and oxygen atoms in total. The average molecular weight is 386 g/mol. The summed E-state index contributed by atoms with van der Waals surface area (Å²) in [5, 5.41) is 11.2. The number of aromatic nitrogens is 2. The molecule has 2 heterocycles. The molecule has 0 fully saturated rings. The van der Waals surface area contributed by atoms with Gasteiger partial charge in [0.05, 0.1) is 0 Å². The lowest BCUT2D eigenvalue weighted by atomic mass is 10.2. The van der Waals surface area contributed by atoms with Crippen molar-refractivity contribution >= 4 is 51.6 Å². The molecule has 3 rings (SSSR count). The number of anilines is 1. The van der Waals surface area contributed by atoms with Gasteiger partial charge in [-0.2, -0.15) is 0 Å². The van der Waals surface area contributed by atoms with Crippen LogP contribution >= 0.6 is 34.4 Å². The lowest BCUT2D eigenvalue weighted by Gasteiger charge is -1.95. The van der Waals surface area contributed by atoms with Crippen molar-refractivity contribution in [2.75, 3.05) is 11.1 Å². The van der Waals surface area contributed by atoms with Gasteiger partial charge in [-0.05, 0) is 23.8 Å². The van der Waals surface area contributed by atoms with Gasteiger partial charge in [-0.25, -0.2) is 0 Å². The zero-order chi connectivity index (χ0) is 17.5. The Morgan fingerprint density at radius 2 is 2.00 bits per heavy atom. The van der Waals surface area contributed by atoms with E-state index in [4.69, 9.17) is 0 Å². The summed E-state index contributed by atoms with van der Waals surface area (Å²) in [5.74, 6) is 0.552. The first-order valence-electron chi connectivity index (χ1n) is 7.46. The number of hydrogen-bond donors (Lipinski definition) is 1. The molecule has 1 amide bonds. The maximum absolute atomic E-state index is 12.0. The molecule has 3 aromatic rings. The highest BCUT2D eigenvalue weighted by Crippen LogP contribution is 2.29. The van der Waals surface area contributed by atoms with E-state index in [0.717, 1.165) is 15.0 Å². The van der Waals surface area contributed by atoms with Crippen molar-refractivity contribution in [2.24, 2.45) is 0 Å². The smallest absolute Gasteiger partial charge is 0.250 e. The highest BCUT2D eigenvalue weighted by atomic mass is 32.2. The molecule has 0 saturated heterocycles. The lowest BCUT2D eigenvalue weighted by Crippen LogP contribution is -2.07. The Morgan fingerprint density at radius 3 is 2.80 bits per heavy atom. The summed E-state index contributed by atoms with van der Waals surface area (Å²) < 4.78 is 0.810. The first-order valence-corrected chi connectivity index (χ1v) is 10.1. The average Bonchev–Trinajstić information content (AvgIpc) is 3.28. The molecular formula is C18H15N3OS3. The molecule has 126 valence electrons. The summed E-state index contributed by atoms with van der Waals surface area (Å²) in [6.07, 6.45) is 5.12. The summed E-state index contributed by atoms with van der Waals surface area (Å²) in [4.78, 5) is 14.2. The van der Waals surface area contributed by atoms with E-state index in [2.05, 4.69) is 40.3 Å². The molecule has 0 saturated carbocycles. The van der Waals surface area contributed by atoms with Gasteiger partial charge >= 0.3 is 0 Å². The van der Waals surface area contributed by atoms with Crippen LogP contribution in [0.1, 0.15) is 4.88 Å². The number of carbonyl (C=O) groups is 1. The zero-order valence-electron chi connectivity index (χ0n) is 13.2. The molecule has 0 aliphatic rings. The molecule has 0 radical (unpaired) electrons. The lowest BCUT2D eigenvalue weighted by molar-refractivity contribution is -0.111. The van der Waals surface area contributed by atoms with E-state index in [0.29, 0.717) is 5.13 Å². The number of rotatable bonds is 7. The van der Waals surface area contributed by atoms with E-state index in [-0.39, 0.29) is 5.91 Å². The van der Waals surface area contributed by atoms with Crippen LogP contribution in [0, 0.1) is 0 Å². The van der Waals surface area contributed by atoms with Gasteiger partial charge in [0.1, 0.15) is 0 Å². The fraction of sp³-hybridized carbons (Fsp3) is 0.0556. The number of nitrogens with zero attached hydrogens (tertiary/aromatic N) is 2. The Hall–Kier alpha value is -2.22. The van der Waals surface area contributed by atoms with E-state index in [1.807, 2.05) is 24.3 Å². The number of nitrogens with one attached hydrogen (secondary N) is 1. The Kier molecular flexibility index (Phi) is 6.16. The number of amides is 1. The first kappa shape index (κ1) is 17.6. The molecule has 25 heavy (non-hydrogen) atoms. The van der Waals surface area contributed by atoms with Crippen LogP contribution in [0.4, 0.5) is 5.13 Å². The summed E-state index contributed by atoms with van der Waals surface area (Å²) in [7, 11) is 0. The Balaban J connectivity index is 1.58. The standard InChI is InChI=1S/C18H15N3OS3/c1-2-12-23-18-21-20-17(25-18)19-16(22)11-9-14-8-10-15(24-14)13-6-4-3-5-7-13/h2-11H,1,12H2,(H,19,20,22)/b11-9+. The molecule has 0 atom stereocenters. The fourth-order valence-corrected chi connectivity index (χ4v) is 4.39. The van der Waals surface area contributed by atoms with Crippen molar-refractivity contribution in [1.82, 2.24) is 10.2 Å². The summed E-state index contributed by atoms with van der Waals surface area (Å²) in [5.41, 5.74) is 1.18. The van der Waals surface area contributed by atoms with Crippen molar-refractivity contribution in [3.63, 3.8) is 0 Å². The molecule has 0 aliphatic heterocycles. The zero-order valence-corrected chi connectivity index (χ0v) is 15.7. The van der Waals surface area contributed by atoms with Crippen LogP contribution in [0.5, 0.6) is 0 Å². The van der Waals surface area contributed by atoms with Crippen LogP contribution < -0.4 is 5.32 Å². The third kappa shape index (κ3) is 5.12. The Bertz CT molecular complexity index is 884. The van der Waals surface area contributed by atoms with Crippen LogP contribution in [0.3, 0.4) is 0 Å². The van der Waals surface area contributed by atoms with Crippen LogP contribution in [0.25, 0.3) is 16.5 Å². The highest BCUT2D eigenvalue weighted by molar-refractivity contribution is 8.01. The number of thioether (sulfide) groups is 1. The molecule has 0 unspecified atom stereocenters. The van der Waals surface area contributed by atoms with Gasteiger partial charge in [0, 0.05) is 21.6 Å². The molecule has 0 aliphatic carbocycles. The second-order valence-electron chi connectivity index (χ2n) is 4.86. The maximum Gasteiger partial charge on any atom is 0.250 e. The van der Waals surface area contributed by atoms with Gasteiger partial charge in [-0.15, -0.1) is 28.1 Å². The van der Waals surface area contributed by atoms with Crippen molar-refractivity contribution in [2.45, 2.75) is 4.34 Å². The van der Waals surface area contributed by atoms with Gasteiger partial charge in [-0.1, -0.05) is 59.5 Å². The summed E-state index contributed by atoms with van der Waals surface area (Å²) >= 11 is 4.53. The minimum atomic E-state index is -0.217. The Morgan fingerprint density at radius 1 is 1.16 bits per heavy atom. The fourth-order valence-electron chi connectivity index (χ4n) is 1.95. The number of benzene rings is 1. The highest BCUT2D eigenvalue weighted by Gasteiger charge is 2.06. The number of carbonyl (C=O) groups excluding carboxylic acids is 1. The predicted molar refractivity (Wildman–Crippen MR) is 108 cm³/mol. The molecule has 0 bridgehead atoms. The van der Waals surface area contributed by atoms with E-state index >= 15 is 0 Å². The topological polar surface area (TPSA) is 54.9 Å². The van der Waals surface area contributed by atoms with Crippen molar-refractivity contribution < 1.29 is 4.79 Å². The second kappa shape index (κ2) is 8.75. The van der Waals surface area contributed by atoms with Crippen LogP contribution in [-0.4, -0.2) is 21.9 Å². The molecular weight excluding hydrogens is 370 g/mol. The predicted octanol–water partition coefficient (Wildman–Crippen LogP) is 5.20. The van der Waals surface area contributed by atoms with E-state index in [9.17, 15) is 4.79 Å². The van der Waals surface area contributed by atoms with Crippen LogP contribution in [-0.2, 0) is 4.79 Å². The monoisotopic (exact) mass is 385 g/mol. The van der Waals surface area contributed by atoms with Crippen molar-refractivity contribution in [3.05, 3.63) is 66.1 Å². The first-order chi connectivity index (χ1) is 12.2. The van der Waals surface area contributed by atoms with E-state index < -0.39 is 0 Å². The normalized spacial score (nSPS) is 10.9. The molecule has 1 aromatic carbocycles. The third-order valence-electron chi connectivity index (χ3n) is 3.05. The third-order valence-corrected chi connectivity index (χ3v) is 6.11. The van der Waals surface area contributed by atoms with E-state index in [1.54, 1.807) is 23.5 Å². The van der Waals surface area contributed by atoms with Crippen molar-refractivity contribution in [3.8, 4) is 10.4 Å². The quantitative estimate of drug-likeness (QED) is 0.263. The number of thiophene rings is 1. The minimum Gasteiger partial charge on any atom is -0.297 e. The molecule has 1 N–H and O–H groups in total. The number of hydrogen-bond acceptors (Lipinski definition) is 6. The SMILES string of the molecule is C=CCSc1nnc(NC(=O)/C=C/c2ccc(-c3ccccc3)s2)s1. The Labute approximate surface area is 158 Å². The van der Waals surface area contributed by atoms with E-state index in [1.165, 1.54) is 39.6 Å². The van der Waals surface area contributed by atoms with Gasteiger partial charge in [0.25, 0.3) is 0 Å². The van der Waals surface area contributed by atoms with Crippen LogP contribution in [0.2, 0.25) is 0 Å². The molecule has 2 aromatic heterocycles. The van der Waals surface area contributed by atoms with Crippen molar-refractivity contribution in [1.29, 1.82) is 0 Å². The summed E-state index contributed by atoms with van der Waals surface area (Å²) in [6, 6.07) is 14.2. The minimum absolute atomic E-state index is 0.217. The summed E-state index contributed by atoms with van der Waals surface area (Å²) in [6.45, 7) is 3.66. The maximum atomic E-state index is 12.0. The molecule has 0 spiro atoms. The van der Waals surface area contributed by atoms with Crippen LogP contribution in [0.15, 0.2) is 65.5 Å².